The van der Waals surface area contributed by atoms with Crippen LogP contribution in [0.3, 0.4) is 0 Å². The van der Waals surface area contributed by atoms with Crippen molar-refractivity contribution in [2.24, 2.45) is 17.6 Å². The molecule has 0 aromatic carbocycles. The average molecular weight is 307 g/mol. The first-order chi connectivity index (χ1) is 10.7. The quantitative estimate of drug-likeness (QED) is 0.847. The lowest BCUT2D eigenvalue weighted by molar-refractivity contribution is -0.122. The second-order valence-corrected chi connectivity index (χ2v) is 7.83. The molecule has 3 fully saturated rings. The van der Waals surface area contributed by atoms with Crippen molar-refractivity contribution in [1.29, 1.82) is 0 Å². The molecule has 4 nitrogen and oxygen atoms in total. The molecule has 2 atom stereocenters. The van der Waals surface area contributed by atoms with Gasteiger partial charge in [0.25, 0.3) is 0 Å². The molecule has 1 saturated carbocycles. The number of carbonyl (C=O) groups excluding carboxylic acids is 1. The Bertz CT molecular complexity index is 367. The van der Waals surface area contributed by atoms with Gasteiger partial charge < -0.3 is 10.6 Å². The molecule has 2 heterocycles. The monoisotopic (exact) mass is 307 g/mol. The van der Waals surface area contributed by atoms with Crippen LogP contribution >= 0.6 is 0 Å². The molecule has 3 rings (SSSR count). The Morgan fingerprint density at radius 2 is 1.59 bits per heavy atom. The lowest BCUT2D eigenvalue weighted by atomic mass is 9.88. The van der Waals surface area contributed by atoms with Gasteiger partial charge in [-0.25, -0.2) is 0 Å². The molecule has 0 aromatic rings. The number of rotatable bonds is 5. The van der Waals surface area contributed by atoms with Crippen LogP contribution in [0, 0.1) is 11.8 Å². The standard InChI is InChI=1S/C18H33N3O/c19-18(22)17-9-5-11-21(17)14-16-8-4-10-20(13-16)12-15-6-2-1-3-7-15/h15-17H,1-14H2,(H2,19,22). The van der Waals surface area contributed by atoms with Gasteiger partial charge in [-0.15, -0.1) is 0 Å². The van der Waals surface area contributed by atoms with Crippen LogP contribution in [0.1, 0.15) is 57.8 Å². The van der Waals surface area contributed by atoms with E-state index < -0.39 is 0 Å². The molecule has 2 saturated heterocycles. The molecule has 2 aliphatic heterocycles. The van der Waals surface area contributed by atoms with Crippen molar-refractivity contribution in [3.8, 4) is 0 Å². The molecule has 0 radical (unpaired) electrons. The first kappa shape index (κ1) is 16.3. The van der Waals surface area contributed by atoms with E-state index in [2.05, 4.69) is 9.80 Å². The van der Waals surface area contributed by atoms with Crippen LogP contribution in [0.25, 0.3) is 0 Å². The summed E-state index contributed by atoms with van der Waals surface area (Å²) in [5.74, 6) is 1.56. The molecule has 0 aromatic heterocycles. The number of hydrogen-bond acceptors (Lipinski definition) is 3. The van der Waals surface area contributed by atoms with Crippen LogP contribution < -0.4 is 5.73 Å². The molecule has 2 N–H and O–H groups in total. The number of piperidine rings is 1. The summed E-state index contributed by atoms with van der Waals surface area (Å²) < 4.78 is 0. The Morgan fingerprint density at radius 3 is 2.36 bits per heavy atom. The molecular weight excluding hydrogens is 274 g/mol. The van der Waals surface area contributed by atoms with Crippen LogP contribution in [0.15, 0.2) is 0 Å². The van der Waals surface area contributed by atoms with E-state index in [1.807, 2.05) is 0 Å². The lowest BCUT2D eigenvalue weighted by Gasteiger charge is -2.38. The van der Waals surface area contributed by atoms with E-state index in [1.54, 1.807) is 0 Å². The SMILES string of the molecule is NC(=O)C1CCCN1CC1CCCN(CC2CCCCC2)C1. The van der Waals surface area contributed by atoms with Crippen molar-refractivity contribution >= 4 is 5.91 Å². The van der Waals surface area contributed by atoms with Crippen LogP contribution in [-0.4, -0.2) is 54.5 Å². The highest BCUT2D eigenvalue weighted by atomic mass is 16.1. The summed E-state index contributed by atoms with van der Waals surface area (Å²) in [6.07, 6.45) is 12.0. The molecule has 0 spiro atoms. The lowest BCUT2D eigenvalue weighted by Crippen LogP contribution is -2.46. The minimum absolute atomic E-state index is 0.00808. The molecule has 3 aliphatic rings. The summed E-state index contributed by atoms with van der Waals surface area (Å²) >= 11 is 0. The summed E-state index contributed by atoms with van der Waals surface area (Å²) in [5, 5.41) is 0. The zero-order chi connectivity index (χ0) is 15.4. The van der Waals surface area contributed by atoms with Gasteiger partial charge in [0, 0.05) is 19.6 Å². The van der Waals surface area contributed by atoms with Gasteiger partial charge in [0.1, 0.15) is 0 Å². The second kappa shape index (κ2) is 7.78. The van der Waals surface area contributed by atoms with Crippen LogP contribution in [0.4, 0.5) is 0 Å². The Morgan fingerprint density at radius 1 is 0.864 bits per heavy atom. The third-order valence-electron chi connectivity index (χ3n) is 6.03. The smallest absolute Gasteiger partial charge is 0.234 e. The van der Waals surface area contributed by atoms with Crippen molar-refractivity contribution in [3.05, 3.63) is 0 Å². The average Bonchev–Trinajstić information content (AvgIpc) is 2.97. The van der Waals surface area contributed by atoms with Crippen LogP contribution in [-0.2, 0) is 4.79 Å². The summed E-state index contributed by atoms with van der Waals surface area (Å²) in [4.78, 5) is 16.6. The predicted molar refractivity (Wildman–Crippen MR) is 89.5 cm³/mol. The number of likely N-dealkylation sites (tertiary alicyclic amines) is 2. The Balaban J connectivity index is 1.46. The Labute approximate surface area is 135 Å². The van der Waals surface area contributed by atoms with Gasteiger partial charge in [0.2, 0.25) is 5.91 Å². The maximum Gasteiger partial charge on any atom is 0.234 e. The van der Waals surface area contributed by atoms with E-state index in [0.717, 1.165) is 37.8 Å². The predicted octanol–water partition coefficient (Wildman–Crippen LogP) is 2.23. The van der Waals surface area contributed by atoms with E-state index in [1.165, 1.54) is 64.6 Å². The van der Waals surface area contributed by atoms with Crippen molar-refractivity contribution in [1.82, 2.24) is 9.80 Å². The fourth-order valence-corrected chi connectivity index (χ4v) is 4.90. The third kappa shape index (κ3) is 4.23. The minimum Gasteiger partial charge on any atom is -0.368 e. The van der Waals surface area contributed by atoms with Crippen LogP contribution in [0.5, 0.6) is 0 Å². The Kier molecular flexibility index (Phi) is 5.75. The zero-order valence-corrected chi connectivity index (χ0v) is 14.0. The second-order valence-electron chi connectivity index (χ2n) is 7.83. The summed E-state index contributed by atoms with van der Waals surface area (Å²) in [5.41, 5.74) is 5.55. The fraction of sp³-hybridized carbons (Fsp3) is 0.944. The van der Waals surface area contributed by atoms with Gasteiger partial charge in [-0.2, -0.15) is 0 Å². The normalized spacial score (nSPS) is 32.4. The number of nitrogens with two attached hydrogens (primary N) is 1. The maximum absolute atomic E-state index is 11.6. The van der Waals surface area contributed by atoms with E-state index in [4.69, 9.17) is 5.73 Å². The zero-order valence-electron chi connectivity index (χ0n) is 14.0. The highest BCUT2D eigenvalue weighted by Crippen LogP contribution is 2.27. The molecular formula is C18H33N3O. The summed E-state index contributed by atoms with van der Waals surface area (Å²) in [7, 11) is 0. The molecule has 22 heavy (non-hydrogen) atoms. The van der Waals surface area contributed by atoms with E-state index in [9.17, 15) is 4.79 Å². The topological polar surface area (TPSA) is 49.6 Å². The summed E-state index contributed by atoms with van der Waals surface area (Å²) in [6.45, 7) is 5.97. The number of carbonyl (C=O) groups is 1. The van der Waals surface area contributed by atoms with Crippen LogP contribution in [0.2, 0.25) is 0 Å². The van der Waals surface area contributed by atoms with Crippen molar-refractivity contribution in [2.75, 3.05) is 32.7 Å². The highest BCUT2D eigenvalue weighted by molar-refractivity contribution is 5.80. The van der Waals surface area contributed by atoms with Crippen molar-refractivity contribution in [3.63, 3.8) is 0 Å². The first-order valence-electron chi connectivity index (χ1n) is 9.48. The van der Waals surface area contributed by atoms with Gasteiger partial charge in [-0.3, -0.25) is 9.69 Å². The molecule has 126 valence electrons. The molecule has 1 aliphatic carbocycles. The largest absolute Gasteiger partial charge is 0.368 e. The van der Waals surface area contributed by atoms with Gasteiger partial charge in [0.15, 0.2) is 0 Å². The van der Waals surface area contributed by atoms with E-state index in [0.29, 0.717) is 0 Å². The van der Waals surface area contributed by atoms with Crippen molar-refractivity contribution < 1.29 is 4.79 Å². The number of amides is 1. The third-order valence-corrected chi connectivity index (χ3v) is 6.03. The maximum atomic E-state index is 11.6. The molecule has 1 amide bonds. The molecule has 2 unspecified atom stereocenters. The van der Waals surface area contributed by atoms with Crippen molar-refractivity contribution in [2.45, 2.75) is 63.8 Å². The van der Waals surface area contributed by atoms with Gasteiger partial charge in [0.05, 0.1) is 6.04 Å². The number of nitrogens with zero attached hydrogens (tertiary/aromatic N) is 2. The van der Waals surface area contributed by atoms with Gasteiger partial charge in [-0.05, 0) is 63.5 Å². The van der Waals surface area contributed by atoms with E-state index >= 15 is 0 Å². The number of primary amides is 1. The summed E-state index contributed by atoms with van der Waals surface area (Å²) in [6, 6.07) is 0.00808. The Hall–Kier alpha value is -0.610. The first-order valence-corrected chi connectivity index (χ1v) is 9.48. The minimum atomic E-state index is -0.118. The van der Waals surface area contributed by atoms with Gasteiger partial charge in [-0.1, -0.05) is 19.3 Å². The van der Waals surface area contributed by atoms with Gasteiger partial charge >= 0.3 is 0 Å². The number of hydrogen-bond donors (Lipinski definition) is 1. The van der Waals surface area contributed by atoms with E-state index in [-0.39, 0.29) is 11.9 Å². The molecule has 0 bridgehead atoms. The highest BCUT2D eigenvalue weighted by Gasteiger charge is 2.32. The fourth-order valence-electron chi connectivity index (χ4n) is 4.90. The molecule has 4 heteroatoms.